The van der Waals surface area contributed by atoms with Crippen molar-refractivity contribution in [3.8, 4) is 28.6 Å². The van der Waals surface area contributed by atoms with Crippen molar-refractivity contribution in [1.82, 2.24) is 14.6 Å². The van der Waals surface area contributed by atoms with Crippen molar-refractivity contribution in [2.75, 3.05) is 14.2 Å². The van der Waals surface area contributed by atoms with E-state index in [1.54, 1.807) is 26.4 Å². The van der Waals surface area contributed by atoms with Gasteiger partial charge in [-0.1, -0.05) is 11.3 Å². The van der Waals surface area contributed by atoms with Crippen LogP contribution in [0.2, 0.25) is 0 Å². The van der Waals surface area contributed by atoms with Crippen molar-refractivity contribution in [3.63, 3.8) is 0 Å². The molecule has 0 saturated carbocycles. The third-order valence-electron chi connectivity index (χ3n) is 4.39. The molecule has 0 aliphatic rings. The Labute approximate surface area is 177 Å². The lowest BCUT2D eigenvalue weighted by molar-refractivity contribution is 0.242. The van der Waals surface area contributed by atoms with Gasteiger partial charge in [-0.3, -0.25) is 4.79 Å². The Bertz CT molecular complexity index is 1290. The lowest BCUT2D eigenvalue weighted by atomic mass is 10.2. The third kappa shape index (κ3) is 3.86. The molecule has 2 heterocycles. The second-order valence-corrected chi connectivity index (χ2v) is 7.85. The van der Waals surface area contributed by atoms with E-state index in [2.05, 4.69) is 10.1 Å². The largest absolute Gasteiger partial charge is 0.497 e. The summed E-state index contributed by atoms with van der Waals surface area (Å²) in [6.07, 6.45) is 1.88. The molecule has 2 aromatic heterocycles. The molecule has 0 amide bonds. The van der Waals surface area contributed by atoms with Gasteiger partial charge in [0.25, 0.3) is 5.56 Å². The Hall–Kier alpha value is -3.39. The van der Waals surface area contributed by atoms with Crippen LogP contribution in [-0.4, -0.2) is 34.9 Å². The van der Waals surface area contributed by atoms with Crippen LogP contribution in [0.1, 0.15) is 19.4 Å². The van der Waals surface area contributed by atoms with Gasteiger partial charge in [0.1, 0.15) is 17.2 Å². The number of nitrogens with zero attached hydrogens (tertiary/aromatic N) is 3. The maximum absolute atomic E-state index is 12.8. The molecule has 4 aromatic rings. The number of fused-ring (bicyclic) bond motifs is 1. The molecule has 0 atom stereocenters. The number of hydrogen-bond acceptors (Lipinski definition) is 7. The van der Waals surface area contributed by atoms with E-state index < -0.39 is 0 Å². The van der Waals surface area contributed by atoms with Crippen molar-refractivity contribution >= 4 is 22.4 Å². The van der Waals surface area contributed by atoms with Gasteiger partial charge in [0.15, 0.2) is 5.82 Å². The highest BCUT2D eigenvalue weighted by molar-refractivity contribution is 7.15. The maximum Gasteiger partial charge on any atom is 0.291 e. The van der Waals surface area contributed by atoms with Crippen LogP contribution in [-0.2, 0) is 0 Å². The first kappa shape index (κ1) is 19.9. The van der Waals surface area contributed by atoms with Crippen LogP contribution in [0.5, 0.6) is 17.2 Å². The highest BCUT2D eigenvalue weighted by Crippen LogP contribution is 2.25. The van der Waals surface area contributed by atoms with Gasteiger partial charge in [-0.25, -0.2) is 0 Å². The van der Waals surface area contributed by atoms with E-state index in [4.69, 9.17) is 14.2 Å². The molecule has 7 nitrogen and oxygen atoms in total. The molecule has 8 heteroatoms. The van der Waals surface area contributed by atoms with E-state index in [0.29, 0.717) is 26.8 Å². The van der Waals surface area contributed by atoms with Crippen LogP contribution in [0.4, 0.5) is 0 Å². The predicted octanol–water partition coefficient (Wildman–Crippen LogP) is 3.17. The van der Waals surface area contributed by atoms with Gasteiger partial charge in [-0.05, 0) is 56.3 Å². The molecule has 0 saturated heterocycles. The van der Waals surface area contributed by atoms with Gasteiger partial charge < -0.3 is 14.2 Å². The lowest BCUT2D eigenvalue weighted by Gasteiger charge is -2.09. The number of aromatic nitrogens is 3. The summed E-state index contributed by atoms with van der Waals surface area (Å²) in [5, 5.41) is 4.40. The van der Waals surface area contributed by atoms with E-state index in [-0.39, 0.29) is 11.7 Å². The first-order chi connectivity index (χ1) is 14.5. The quantitative estimate of drug-likeness (QED) is 0.474. The highest BCUT2D eigenvalue weighted by Gasteiger charge is 2.13. The topological polar surface area (TPSA) is 75.0 Å². The second-order valence-electron chi connectivity index (χ2n) is 6.84. The number of methoxy groups -OCH3 is 2. The van der Waals surface area contributed by atoms with Gasteiger partial charge in [-0.15, -0.1) is 5.10 Å². The minimum absolute atomic E-state index is 0.105. The molecule has 0 aliphatic carbocycles. The molecule has 0 spiro atoms. The zero-order valence-electron chi connectivity index (χ0n) is 17.1. The fraction of sp³-hybridized carbons (Fsp3) is 0.227. The summed E-state index contributed by atoms with van der Waals surface area (Å²) in [5.41, 5.74) is 1.39. The smallest absolute Gasteiger partial charge is 0.291 e. The molecule has 154 valence electrons. The van der Waals surface area contributed by atoms with Gasteiger partial charge >= 0.3 is 0 Å². The molecule has 0 radical (unpaired) electrons. The fourth-order valence-electron chi connectivity index (χ4n) is 2.99. The molecule has 0 unspecified atom stereocenters. The molecule has 0 bridgehead atoms. The second kappa shape index (κ2) is 8.16. The lowest BCUT2D eigenvalue weighted by Crippen LogP contribution is -2.23. The van der Waals surface area contributed by atoms with Crippen LogP contribution >= 0.6 is 11.3 Å². The minimum atomic E-state index is -0.216. The van der Waals surface area contributed by atoms with Gasteiger partial charge in [0.2, 0.25) is 4.96 Å². The summed E-state index contributed by atoms with van der Waals surface area (Å²) in [4.78, 5) is 17.9. The monoisotopic (exact) mass is 423 g/mol. The van der Waals surface area contributed by atoms with Crippen LogP contribution in [0.3, 0.4) is 0 Å². The Kier molecular flexibility index (Phi) is 5.41. The van der Waals surface area contributed by atoms with Gasteiger partial charge in [-0.2, -0.15) is 9.50 Å². The molecule has 0 N–H and O–H groups in total. The number of rotatable bonds is 6. The number of benzene rings is 2. The van der Waals surface area contributed by atoms with Crippen LogP contribution in [0.25, 0.3) is 22.4 Å². The average molecular weight is 423 g/mol. The molecular weight excluding hydrogens is 402 g/mol. The van der Waals surface area contributed by atoms with Crippen molar-refractivity contribution in [1.29, 1.82) is 0 Å². The van der Waals surface area contributed by atoms with E-state index in [9.17, 15) is 4.79 Å². The average Bonchev–Trinajstić information content (AvgIpc) is 3.28. The summed E-state index contributed by atoms with van der Waals surface area (Å²) in [6, 6.07) is 13.0. The van der Waals surface area contributed by atoms with E-state index in [1.165, 1.54) is 15.9 Å². The fourth-order valence-corrected chi connectivity index (χ4v) is 3.89. The third-order valence-corrected chi connectivity index (χ3v) is 5.35. The van der Waals surface area contributed by atoms with Gasteiger partial charge in [0.05, 0.1) is 24.9 Å². The van der Waals surface area contributed by atoms with Crippen molar-refractivity contribution in [2.24, 2.45) is 0 Å². The number of hydrogen-bond donors (Lipinski definition) is 0. The Morgan fingerprint density at radius 3 is 2.40 bits per heavy atom. The molecule has 30 heavy (non-hydrogen) atoms. The van der Waals surface area contributed by atoms with Crippen LogP contribution in [0.15, 0.2) is 47.3 Å². The molecule has 0 aliphatic heterocycles. The normalized spacial score (nSPS) is 12.0. The summed E-state index contributed by atoms with van der Waals surface area (Å²) in [6.45, 7) is 3.95. The van der Waals surface area contributed by atoms with E-state index in [1.807, 2.05) is 50.2 Å². The summed E-state index contributed by atoms with van der Waals surface area (Å²) in [7, 11) is 3.17. The van der Waals surface area contributed by atoms with Crippen molar-refractivity contribution in [2.45, 2.75) is 20.0 Å². The van der Waals surface area contributed by atoms with E-state index >= 15 is 0 Å². The van der Waals surface area contributed by atoms with Gasteiger partial charge in [0, 0.05) is 17.2 Å². The Morgan fingerprint density at radius 2 is 1.77 bits per heavy atom. The summed E-state index contributed by atoms with van der Waals surface area (Å²) in [5.74, 6) is 2.59. The van der Waals surface area contributed by atoms with Crippen LogP contribution in [0, 0.1) is 0 Å². The predicted molar refractivity (Wildman–Crippen MR) is 117 cm³/mol. The standard InChI is InChI=1S/C22H21N3O4S/c1-13(2)29-16-8-5-14(6-9-16)20-23-22-25(24-20)21(26)19(30-22)11-15-7-10-17(27-3)12-18(15)28-4/h5-13H,1-4H3. The molecular formula is C22H21N3O4S. The first-order valence-corrected chi connectivity index (χ1v) is 10.2. The van der Waals surface area contributed by atoms with E-state index in [0.717, 1.165) is 16.9 Å². The maximum atomic E-state index is 12.8. The Balaban J connectivity index is 1.69. The zero-order chi connectivity index (χ0) is 21.3. The minimum Gasteiger partial charge on any atom is -0.497 e. The van der Waals surface area contributed by atoms with Crippen molar-refractivity contribution in [3.05, 3.63) is 62.9 Å². The SMILES string of the molecule is COc1ccc(C=c2sc3nc(-c4ccc(OC(C)C)cc4)nn3c2=O)c(OC)c1. The summed E-state index contributed by atoms with van der Waals surface area (Å²) < 4.78 is 18.1. The number of thiazole rings is 1. The number of ether oxygens (including phenoxy) is 3. The zero-order valence-corrected chi connectivity index (χ0v) is 17.9. The summed E-state index contributed by atoms with van der Waals surface area (Å²) >= 11 is 1.28. The first-order valence-electron chi connectivity index (χ1n) is 9.39. The highest BCUT2D eigenvalue weighted by atomic mass is 32.1. The van der Waals surface area contributed by atoms with Crippen molar-refractivity contribution < 1.29 is 14.2 Å². The molecule has 2 aromatic carbocycles. The Morgan fingerprint density at radius 1 is 1.03 bits per heavy atom. The molecule has 4 rings (SSSR count). The molecule has 0 fully saturated rings. The van der Waals surface area contributed by atoms with Crippen LogP contribution < -0.4 is 24.3 Å².